The molecule has 0 N–H and O–H groups in total. The molecule has 2 rings (SSSR count). The lowest BCUT2D eigenvalue weighted by atomic mass is 9.84. The fourth-order valence-corrected chi connectivity index (χ4v) is 3.15. The third kappa shape index (κ3) is 2.98. The number of hydrogen-bond donors (Lipinski definition) is 0. The van der Waals surface area contributed by atoms with Crippen LogP contribution in [0.5, 0.6) is 0 Å². The van der Waals surface area contributed by atoms with Gasteiger partial charge in [-0.2, -0.15) is 0 Å². The second-order valence-electron chi connectivity index (χ2n) is 4.50. The summed E-state index contributed by atoms with van der Waals surface area (Å²) in [5.41, 5.74) is 0.784. The lowest BCUT2D eigenvalue weighted by Gasteiger charge is -2.27. The minimum atomic E-state index is -0.113. The van der Waals surface area contributed by atoms with Gasteiger partial charge in [-0.15, -0.1) is 11.6 Å². The molecule has 1 aliphatic carbocycles. The SMILES string of the molecule is Fc1ccc(Br)cc1CC1CCCCC1Cl. The van der Waals surface area contributed by atoms with Crippen LogP contribution in [0.3, 0.4) is 0 Å². The van der Waals surface area contributed by atoms with E-state index in [1.54, 1.807) is 6.07 Å². The molecule has 1 saturated carbocycles. The van der Waals surface area contributed by atoms with Gasteiger partial charge >= 0.3 is 0 Å². The summed E-state index contributed by atoms with van der Waals surface area (Å²) in [5.74, 6) is 0.317. The summed E-state index contributed by atoms with van der Waals surface area (Å²) in [7, 11) is 0. The molecule has 0 saturated heterocycles. The third-order valence-corrected chi connectivity index (χ3v) is 4.37. The molecule has 3 heteroatoms. The molecular formula is C13H15BrClF. The standard InChI is InChI=1S/C13H15BrClF/c14-11-5-6-13(16)10(8-11)7-9-3-1-2-4-12(9)15/h5-6,8-9,12H,1-4,7H2. The van der Waals surface area contributed by atoms with Crippen LogP contribution in [0.4, 0.5) is 4.39 Å². The van der Waals surface area contributed by atoms with Gasteiger partial charge in [0.2, 0.25) is 0 Å². The highest BCUT2D eigenvalue weighted by Gasteiger charge is 2.24. The van der Waals surface area contributed by atoms with Gasteiger partial charge in [0.05, 0.1) is 0 Å². The van der Waals surface area contributed by atoms with Crippen molar-refractivity contribution in [3.63, 3.8) is 0 Å². The fourth-order valence-electron chi connectivity index (χ4n) is 2.37. The Balaban J connectivity index is 2.10. The molecule has 1 aromatic rings. The Morgan fingerprint density at radius 3 is 2.81 bits per heavy atom. The van der Waals surface area contributed by atoms with Crippen LogP contribution in [0.15, 0.2) is 22.7 Å². The topological polar surface area (TPSA) is 0 Å². The number of hydrogen-bond acceptors (Lipinski definition) is 0. The van der Waals surface area contributed by atoms with E-state index < -0.39 is 0 Å². The normalized spacial score (nSPS) is 25.7. The average molecular weight is 306 g/mol. The highest BCUT2D eigenvalue weighted by Crippen LogP contribution is 2.32. The molecular weight excluding hydrogens is 290 g/mol. The van der Waals surface area contributed by atoms with Gasteiger partial charge in [-0.1, -0.05) is 28.8 Å². The van der Waals surface area contributed by atoms with E-state index in [1.165, 1.54) is 18.9 Å². The van der Waals surface area contributed by atoms with Gasteiger partial charge in [-0.3, -0.25) is 0 Å². The van der Waals surface area contributed by atoms with Crippen LogP contribution in [-0.2, 0) is 6.42 Å². The number of rotatable bonds is 2. The second-order valence-corrected chi connectivity index (χ2v) is 5.98. The van der Waals surface area contributed by atoms with Crippen LogP contribution in [-0.4, -0.2) is 5.38 Å². The molecule has 0 heterocycles. The molecule has 0 bridgehead atoms. The zero-order chi connectivity index (χ0) is 11.5. The van der Waals surface area contributed by atoms with E-state index in [4.69, 9.17) is 11.6 Å². The Bertz CT molecular complexity index is 367. The summed E-state index contributed by atoms with van der Waals surface area (Å²) >= 11 is 9.67. The minimum absolute atomic E-state index is 0.113. The molecule has 1 aromatic carbocycles. The summed E-state index contributed by atoms with van der Waals surface area (Å²) < 4.78 is 14.5. The van der Waals surface area contributed by atoms with Crippen molar-refractivity contribution in [2.24, 2.45) is 5.92 Å². The van der Waals surface area contributed by atoms with E-state index >= 15 is 0 Å². The lowest BCUT2D eigenvalue weighted by molar-refractivity contribution is 0.360. The maximum atomic E-state index is 13.6. The summed E-state index contributed by atoms with van der Waals surface area (Å²) in [6.45, 7) is 0. The maximum Gasteiger partial charge on any atom is 0.126 e. The van der Waals surface area contributed by atoms with Crippen molar-refractivity contribution in [3.8, 4) is 0 Å². The molecule has 0 aliphatic heterocycles. The average Bonchev–Trinajstić information content (AvgIpc) is 2.27. The Labute approximate surface area is 109 Å². The zero-order valence-electron chi connectivity index (χ0n) is 9.06. The van der Waals surface area contributed by atoms with Crippen LogP contribution in [0.25, 0.3) is 0 Å². The van der Waals surface area contributed by atoms with Gasteiger partial charge < -0.3 is 0 Å². The molecule has 0 aromatic heterocycles. The smallest absolute Gasteiger partial charge is 0.126 e. The Kier molecular flexibility index (Phi) is 4.26. The first-order valence-electron chi connectivity index (χ1n) is 5.75. The molecule has 0 radical (unpaired) electrons. The Morgan fingerprint density at radius 1 is 1.31 bits per heavy atom. The van der Waals surface area contributed by atoms with Crippen LogP contribution >= 0.6 is 27.5 Å². The van der Waals surface area contributed by atoms with Crippen LogP contribution in [0.1, 0.15) is 31.2 Å². The molecule has 0 nitrogen and oxygen atoms in total. The molecule has 1 aliphatic rings. The van der Waals surface area contributed by atoms with E-state index in [1.807, 2.05) is 6.07 Å². The van der Waals surface area contributed by atoms with E-state index in [0.717, 1.165) is 29.3 Å². The van der Waals surface area contributed by atoms with E-state index in [0.29, 0.717) is 5.92 Å². The van der Waals surface area contributed by atoms with Crippen molar-refractivity contribution in [2.75, 3.05) is 0 Å². The predicted octanol–water partition coefficient (Wildman–Crippen LogP) is 4.93. The Hall–Kier alpha value is -0.0800. The number of halogens is 3. The van der Waals surface area contributed by atoms with Gasteiger partial charge in [0, 0.05) is 9.85 Å². The van der Waals surface area contributed by atoms with Crippen molar-refractivity contribution in [1.82, 2.24) is 0 Å². The lowest BCUT2D eigenvalue weighted by Crippen LogP contribution is -2.22. The van der Waals surface area contributed by atoms with Crippen LogP contribution in [0.2, 0.25) is 0 Å². The van der Waals surface area contributed by atoms with Crippen molar-refractivity contribution >= 4 is 27.5 Å². The predicted molar refractivity (Wildman–Crippen MR) is 69.4 cm³/mol. The molecule has 1 fully saturated rings. The highest BCUT2D eigenvalue weighted by atomic mass is 79.9. The summed E-state index contributed by atoms with van der Waals surface area (Å²) in [6.07, 6.45) is 5.40. The fraction of sp³-hybridized carbons (Fsp3) is 0.538. The molecule has 2 unspecified atom stereocenters. The van der Waals surface area contributed by atoms with Gasteiger partial charge in [0.1, 0.15) is 5.82 Å². The largest absolute Gasteiger partial charge is 0.207 e. The Morgan fingerprint density at radius 2 is 2.06 bits per heavy atom. The quantitative estimate of drug-likeness (QED) is 0.680. The van der Waals surface area contributed by atoms with Crippen LogP contribution in [0, 0.1) is 11.7 Å². The molecule has 0 amide bonds. The summed E-state index contributed by atoms with van der Waals surface area (Å²) in [4.78, 5) is 0. The molecule has 0 spiro atoms. The molecule has 88 valence electrons. The van der Waals surface area contributed by atoms with Crippen molar-refractivity contribution < 1.29 is 4.39 Å². The van der Waals surface area contributed by atoms with Crippen LogP contribution < -0.4 is 0 Å². The molecule has 16 heavy (non-hydrogen) atoms. The van der Waals surface area contributed by atoms with Gasteiger partial charge in [-0.25, -0.2) is 4.39 Å². The van der Waals surface area contributed by atoms with Crippen molar-refractivity contribution in [1.29, 1.82) is 0 Å². The number of benzene rings is 1. The van der Waals surface area contributed by atoms with E-state index in [9.17, 15) is 4.39 Å². The van der Waals surface area contributed by atoms with Gasteiger partial charge in [0.15, 0.2) is 0 Å². The zero-order valence-corrected chi connectivity index (χ0v) is 11.4. The monoisotopic (exact) mass is 304 g/mol. The van der Waals surface area contributed by atoms with E-state index in [2.05, 4.69) is 15.9 Å². The second kappa shape index (κ2) is 5.50. The van der Waals surface area contributed by atoms with Gasteiger partial charge in [-0.05, 0) is 48.9 Å². The first-order valence-corrected chi connectivity index (χ1v) is 6.98. The summed E-state index contributed by atoms with van der Waals surface area (Å²) in [5, 5.41) is 0.215. The molecule has 2 atom stereocenters. The summed E-state index contributed by atoms with van der Waals surface area (Å²) in [6, 6.07) is 5.12. The van der Waals surface area contributed by atoms with Crippen molar-refractivity contribution in [3.05, 3.63) is 34.1 Å². The highest BCUT2D eigenvalue weighted by molar-refractivity contribution is 9.10. The third-order valence-electron chi connectivity index (χ3n) is 3.31. The first kappa shape index (κ1) is 12.4. The minimum Gasteiger partial charge on any atom is -0.207 e. The first-order chi connectivity index (χ1) is 7.66. The number of alkyl halides is 1. The van der Waals surface area contributed by atoms with Crippen molar-refractivity contribution in [2.45, 2.75) is 37.5 Å². The maximum absolute atomic E-state index is 13.6. The van der Waals surface area contributed by atoms with E-state index in [-0.39, 0.29) is 11.2 Å². The van der Waals surface area contributed by atoms with Gasteiger partial charge in [0.25, 0.3) is 0 Å².